The summed E-state index contributed by atoms with van der Waals surface area (Å²) < 4.78 is 39.8. The fourth-order valence-corrected chi connectivity index (χ4v) is 3.27. The number of halogens is 2. The molecule has 2 aromatic carbocycles. The van der Waals surface area contributed by atoms with Gasteiger partial charge in [0, 0.05) is 13.6 Å². The normalized spacial score (nSPS) is 11.9. The summed E-state index contributed by atoms with van der Waals surface area (Å²) in [5.41, 5.74) is 1.99. The van der Waals surface area contributed by atoms with Gasteiger partial charge in [-0.2, -0.15) is 4.31 Å². The van der Waals surface area contributed by atoms with Gasteiger partial charge in [0.25, 0.3) is 0 Å². The quantitative estimate of drug-likeness (QED) is 0.821. The summed E-state index contributed by atoms with van der Waals surface area (Å²) in [5, 5.41) is 0. The number of rotatable bonds is 4. The number of nitrogens with zero attached hydrogens (tertiary/aromatic N) is 1. The molecule has 0 bridgehead atoms. The molecule has 0 aliphatic heterocycles. The molecule has 0 fully saturated rings. The minimum atomic E-state index is -3.71. The molecule has 0 N–H and O–H groups in total. The van der Waals surface area contributed by atoms with E-state index in [1.54, 1.807) is 0 Å². The van der Waals surface area contributed by atoms with Crippen LogP contribution in [0.2, 0.25) is 0 Å². The molecule has 0 aliphatic carbocycles. The molecular weight excluding hydrogens is 357 g/mol. The van der Waals surface area contributed by atoms with E-state index in [1.165, 1.54) is 23.5 Å². The van der Waals surface area contributed by atoms with Gasteiger partial charge in [-0.25, -0.2) is 12.8 Å². The van der Waals surface area contributed by atoms with Crippen LogP contribution in [0.3, 0.4) is 0 Å². The minimum absolute atomic E-state index is 0.0576. The molecule has 0 amide bonds. The van der Waals surface area contributed by atoms with Crippen molar-refractivity contribution in [2.24, 2.45) is 0 Å². The Morgan fingerprint density at radius 2 is 1.76 bits per heavy atom. The van der Waals surface area contributed by atoms with Gasteiger partial charge in [0.05, 0.1) is 9.37 Å². The third-order valence-corrected chi connectivity index (χ3v) is 5.57. The zero-order valence-electron chi connectivity index (χ0n) is 11.7. The van der Waals surface area contributed by atoms with Crippen LogP contribution >= 0.6 is 15.9 Å². The van der Waals surface area contributed by atoms with Gasteiger partial charge < -0.3 is 0 Å². The third kappa shape index (κ3) is 3.70. The van der Waals surface area contributed by atoms with Gasteiger partial charge >= 0.3 is 0 Å². The van der Waals surface area contributed by atoms with Crippen LogP contribution in [0.25, 0.3) is 0 Å². The molecule has 0 spiro atoms. The summed E-state index contributed by atoms with van der Waals surface area (Å²) in [7, 11) is -2.23. The van der Waals surface area contributed by atoms with Crippen molar-refractivity contribution in [2.75, 3.05) is 7.05 Å². The Labute approximate surface area is 132 Å². The van der Waals surface area contributed by atoms with E-state index < -0.39 is 15.8 Å². The number of hydrogen-bond acceptors (Lipinski definition) is 2. The van der Waals surface area contributed by atoms with Crippen molar-refractivity contribution >= 4 is 26.0 Å². The fraction of sp³-hybridized carbons (Fsp3) is 0.200. The van der Waals surface area contributed by atoms with Crippen molar-refractivity contribution in [3.63, 3.8) is 0 Å². The van der Waals surface area contributed by atoms with Crippen molar-refractivity contribution in [3.05, 3.63) is 63.9 Å². The van der Waals surface area contributed by atoms with Crippen LogP contribution < -0.4 is 0 Å². The first kappa shape index (κ1) is 16.1. The van der Waals surface area contributed by atoms with Crippen LogP contribution in [0.5, 0.6) is 0 Å². The van der Waals surface area contributed by atoms with Gasteiger partial charge in [0.2, 0.25) is 10.0 Å². The Kier molecular flexibility index (Phi) is 4.81. The van der Waals surface area contributed by atoms with Crippen molar-refractivity contribution < 1.29 is 12.8 Å². The second-order valence-corrected chi connectivity index (χ2v) is 7.72. The Morgan fingerprint density at radius 3 is 2.33 bits per heavy atom. The molecule has 2 rings (SSSR count). The van der Waals surface area contributed by atoms with Crippen LogP contribution in [-0.2, 0) is 16.6 Å². The SMILES string of the molecule is Cc1ccc(CN(C)S(=O)(=O)c2ccc(Br)c(F)c2)cc1. The molecule has 0 atom stereocenters. The molecule has 3 nitrogen and oxygen atoms in total. The summed E-state index contributed by atoms with van der Waals surface area (Å²) in [4.78, 5) is -0.0576. The zero-order valence-corrected chi connectivity index (χ0v) is 14.1. The van der Waals surface area contributed by atoms with Gasteiger partial charge in [-0.3, -0.25) is 0 Å². The van der Waals surface area contributed by atoms with Crippen molar-refractivity contribution in [2.45, 2.75) is 18.4 Å². The number of aryl methyl sites for hydroxylation is 1. The lowest BCUT2D eigenvalue weighted by Gasteiger charge is -2.17. The Morgan fingerprint density at radius 1 is 1.14 bits per heavy atom. The van der Waals surface area contributed by atoms with Gasteiger partial charge in [-0.1, -0.05) is 29.8 Å². The molecule has 112 valence electrons. The van der Waals surface area contributed by atoms with Crippen LogP contribution in [0.15, 0.2) is 51.8 Å². The standard InChI is InChI=1S/C15H15BrFNO2S/c1-11-3-5-12(6-4-11)10-18(2)21(19,20)13-7-8-14(16)15(17)9-13/h3-9H,10H2,1-2H3. The summed E-state index contributed by atoms with van der Waals surface area (Å²) in [6.45, 7) is 2.20. The van der Waals surface area contributed by atoms with E-state index in [4.69, 9.17) is 0 Å². The van der Waals surface area contributed by atoms with E-state index in [2.05, 4.69) is 15.9 Å². The average Bonchev–Trinajstić information content (AvgIpc) is 2.44. The van der Waals surface area contributed by atoms with E-state index in [0.29, 0.717) is 0 Å². The van der Waals surface area contributed by atoms with E-state index in [0.717, 1.165) is 17.2 Å². The van der Waals surface area contributed by atoms with E-state index in [1.807, 2.05) is 31.2 Å². The monoisotopic (exact) mass is 371 g/mol. The van der Waals surface area contributed by atoms with Crippen molar-refractivity contribution in [1.82, 2.24) is 4.31 Å². The summed E-state index contributed by atoms with van der Waals surface area (Å²) >= 11 is 3.01. The van der Waals surface area contributed by atoms with E-state index in [9.17, 15) is 12.8 Å². The molecule has 0 heterocycles. The average molecular weight is 372 g/mol. The molecule has 0 unspecified atom stereocenters. The highest BCUT2D eigenvalue weighted by molar-refractivity contribution is 9.10. The third-order valence-electron chi connectivity index (χ3n) is 3.13. The maximum absolute atomic E-state index is 13.5. The maximum Gasteiger partial charge on any atom is 0.243 e. The molecule has 0 aliphatic rings. The topological polar surface area (TPSA) is 37.4 Å². The molecule has 21 heavy (non-hydrogen) atoms. The second-order valence-electron chi connectivity index (χ2n) is 4.82. The van der Waals surface area contributed by atoms with Crippen LogP contribution in [0, 0.1) is 12.7 Å². The lowest BCUT2D eigenvalue weighted by molar-refractivity contribution is 0.466. The largest absolute Gasteiger partial charge is 0.243 e. The van der Waals surface area contributed by atoms with Gasteiger partial charge in [-0.15, -0.1) is 0 Å². The Bertz CT molecular complexity index is 745. The predicted molar refractivity (Wildman–Crippen MR) is 83.9 cm³/mol. The maximum atomic E-state index is 13.5. The smallest absolute Gasteiger partial charge is 0.207 e. The lowest BCUT2D eigenvalue weighted by Crippen LogP contribution is -2.26. The molecular formula is C15H15BrFNO2S. The van der Waals surface area contributed by atoms with Crippen LogP contribution in [0.1, 0.15) is 11.1 Å². The Hall–Kier alpha value is -1.24. The Balaban J connectivity index is 2.25. The number of hydrogen-bond donors (Lipinski definition) is 0. The van der Waals surface area contributed by atoms with Crippen molar-refractivity contribution in [3.8, 4) is 0 Å². The summed E-state index contributed by atoms with van der Waals surface area (Å²) in [6.07, 6.45) is 0. The first-order valence-electron chi connectivity index (χ1n) is 6.27. The summed E-state index contributed by atoms with van der Waals surface area (Å²) in [6, 6.07) is 11.4. The summed E-state index contributed by atoms with van der Waals surface area (Å²) in [5.74, 6) is -0.597. The highest BCUT2D eigenvalue weighted by Crippen LogP contribution is 2.22. The first-order chi connectivity index (χ1) is 9.80. The first-order valence-corrected chi connectivity index (χ1v) is 8.51. The minimum Gasteiger partial charge on any atom is -0.207 e. The van der Waals surface area contributed by atoms with Crippen LogP contribution in [0.4, 0.5) is 4.39 Å². The van der Waals surface area contributed by atoms with Crippen molar-refractivity contribution in [1.29, 1.82) is 0 Å². The molecule has 0 aromatic heterocycles. The van der Waals surface area contributed by atoms with E-state index >= 15 is 0 Å². The number of benzene rings is 2. The second kappa shape index (κ2) is 6.25. The zero-order chi connectivity index (χ0) is 15.6. The van der Waals surface area contributed by atoms with Crippen LogP contribution in [-0.4, -0.2) is 19.8 Å². The number of sulfonamides is 1. The van der Waals surface area contributed by atoms with Gasteiger partial charge in [-0.05, 0) is 46.6 Å². The lowest BCUT2D eigenvalue weighted by atomic mass is 10.1. The molecule has 2 aromatic rings. The molecule has 6 heteroatoms. The van der Waals surface area contributed by atoms with Gasteiger partial charge in [0.15, 0.2) is 0 Å². The molecule has 0 radical (unpaired) electrons. The van der Waals surface area contributed by atoms with Gasteiger partial charge in [0.1, 0.15) is 5.82 Å². The van der Waals surface area contributed by atoms with E-state index in [-0.39, 0.29) is 15.9 Å². The highest BCUT2D eigenvalue weighted by atomic mass is 79.9. The molecule has 0 saturated heterocycles. The fourth-order valence-electron chi connectivity index (χ4n) is 1.85. The molecule has 0 saturated carbocycles. The highest BCUT2D eigenvalue weighted by Gasteiger charge is 2.22. The predicted octanol–water partition coefficient (Wildman–Crippen LogP) is 3.72.